The van der Waals surface area contributed by atoms with Crippen LogP contribution < -0.4 is 24.3 Å². The molecule has 158 valence electrons. The number of nitro groups is 1. The zero-order chi connectivity index (χ0) is 22.1. The molecule has 0 unspecified atom stereocenters. The van der Waals surface area contributed by atoms with Gasteiger partial charge in [-0.3, -0.25) is 14.9 Å². The monoisotopic (exact) mass is 440 g/mol. The fourth-order valence-electron chi connectivity index (χ4n) is 3.08. The van der Waals surface area contributed by atoms with Crippen molar-refractivity contribution in [2.24, 2.45) is 0 Å². The van der Waals surface area contributed by atoms with Gasteiger partial charge in [0.15, 0.2) is 17.3 Å². The second-order valence-electron chi connectivity index (χ2n) is 6.28. The van der Waals surface area contributed by atoms with E-state index in [1.807, 2.05) is 0 Å². The Morgan fingerprint density at radius 3 is 2.35 bits per heavy atom. The van der Waals surface area contributed by atoms with Crippen LogP contribution in [0, 0.1) is 10.1 Å². The fraction of sp³-hybridized carbons (Fsp3) is 0.150. The lowest BCUT2D eigenvalue weighted by molar-refractivity contribution is -0.385. The quantitative estimate of drug-likeness (QED) is 0.331. The maximum Gasteiger partial charge on any atom is 0.291 e. The molecule has 0 fully saturated rings. The van der Waals surface area contributed by atoms with Gasteiger partial charge in [-0.1, -0.05) is 23.5 Å². The summed E-state index contributed by atoms with van der Waals surface area (Å²) in [7, 11) is 4.51. The Morgan fingerprint density at radius 1 is 1.10 bits per heavy atom. The molecule has 0 saturated heterocycles. The van der Waals surface area contributed by atoms with E-state index in [2.05, 4.69) is 10.1 Å². The number of nitro benzene ring substituents is 1. The van der Waals surface area contributed by atoms with Crippen LogP contribution >= 0.6 is 11.3 Å². The zero-order valence-corrected chi connectivity index (χ0v) is 17.5. The first-order valence-electron chi connectivity index (χ1n) is 8.92. The summed E-state index contributed by atoms with van der Waals surface area (Å²) < 4.78 is 17.5. The van der Waals surface area contributed by atoms with Crippen molar-refractivity contribution < 1.29 is 19.1 Å². The average Bonchev–Trinajstić information content (AvgIpc) is 3.32. The molecule has 0 radical (unpaired) electrons. The van der Waals surface area contributed by atoms with Crippen molar-refractivity contribution in [3.8, 4) is 28.6 Å². The minimum Gasteiger partial charge on any atom is -0.493 e. The molecule has 0 bridgehead atoms. The highest BCUT2D eigenvalue weighted by atomic mass is 32.1. The summed E-state index contributed by atoms with van der Waals surface area (Å²) >= 11 is 1.09. The van der Waals surface area contributed by atoms with Gasteiger partial charge in [0.05, 0.1) is 36.3 Å². The van der Waals surface area contributed by atoms with Crippen LogP contribution in [0.3, 0.4) is 0 Å². The molecule has 0 atom stereocenters. The topological polar surface area (TPSA) is 118 Å². The summed E-state index contributed by atoms with van der Waals surface area (Å²) in [5.74, 6) is 1.60. The molecular weight excluding hydrogens is 424 g/mol. The molecule has 10 nitrogen and oxygen atoms in total. The predicted octanol–water partition coefficient (Wildman–Crippen LogP) is 2.30. The summed E-state index contributed by atoms with van der Waals surface area (Å²) in [5, 5.41) is 15.5. The number of nitrogens with zero attached hydrogens (tertiary/aromatic N) is 4. The van der Waals surface area contributed by atoms with E-state index in [4.69, 9.17) is 14.2 Å². The maximum atomic E-state index is 12.8. The van der Waals surface area contributed by atoms with Crippen molar-refractivity contribution in [3.63, 3.8) is 0 Å². The molecule has 0 saturated carbocycles. The Hall–Kier alpha value is -3.99. The molecule has 0 spiro atoms. The molecule has 0 aliphatic rings. The van der Waals surface area contributed by atoms with Gasteiger partial charge in [0.1, 0.15) is 0 Å². The first-order valence-corrected chi connectivity index (χ1v) is 9.73. The summed E-state index contributed by atoms with van der Waals surface area (Å²) in [6.45, 7) is 0. The summed E-state index contributed by atoms with van der Waals surface area (Å²) in [6.07, 6.45) is 1.47. The van der Waals surface area contributed by atoms with E-state index in [1.54, 1.807) is 30.3 Å². The van der Waals surface area contributed by atoms with Crippen molar-refractivity contribution in [2.75, 3.05) is 21.3 Å². The van der Waals surface area contributed by atoms with E-state index >= 15 is 0 Å². The van der Waals surface area contributed by atoms with E-state index in [-0.39, 0.29) is 5.69 Å². The van der Waals surface area contributed by atoms with Crippen LogP contribution in [-0.2, 0) is 0 Å². The molecule has 0 amide bonds. The van der Waals surface area contributed by atoms with Crippen LogP contribution in [0.25, 0.3) is 22.4 Å². The number of rotatable bonds is 6. The normalized spacial score (nSPS) is 11.6. The molecule has 11 heteroatoms. The van der Waals surface area contributed by atoms with Crippen LogP contribution in [0.2, 0.25) is 0 Å². The van der Waals surface area contributed by atoms with Gasteiger partial charge < -0.3 is 14.2 Å². The molecule has 2 heterocycles. The van der Waals surface area contributed by atoms with Gasteiger partial charge >= 0.3 is 0 Å². The molecule has 2 aromatic carbocycles. The van der Waals surface area contributed by atoms with Gasteiger partial charge in [0.2, 0.25) is 10.7 Å². The second-order valence-corrected chi connectivity index (χ2v) is 7.28. The summed E-state index contributed by atoms with van der Waals surface area (Å²) in [4.78, 5) is 28.3. The lowest BCUT2D eigenvalue weighted by Gasteiger charge is -2.12. The minimum atomic E-state index is -0.490. The Bertz CT molecular complexity index is 1390. The van der Waals surface area contributed by atoms with Crippen LogP contribution in [0.4, 0.5) is 5.69 Å². The minimum absolute atomic E-state index is 0.0842. The highest BCUT2D eigenvalue weighted by Crippen LogP contribution is 2.40. The molecule has 4 aromatic rings. The van der Waals surface area contributed by atoms with Crippen molar-refractivity contribution in [1.29, 1.82) is 0 Å². The number of methoxy groups -OCH3 is 3. The second kappa shape index (κ2) is 8.03. The number of para-hydroxylation sites is 1. The van der Waals surface area contributed by atoms with Gasteiger partial charge in [-0.05, 0) is 24.3 Å². The molecule has 0 aliphatic heterocycles. The lowest BCUT2D eigenvalue weighted by Crippen LogP contribution is -2.23. The Morgan fingerprint density at radius 2 is 1.77 bits per heavy atom. The van der Waals surface area contributed by atoms with E-state index in [1.165, 1.54) is 38.0 Å². The number of fused-ring (bicyclic) bond motifs is 1. The highest BCUT2D eigenvalue weighted by molar-refractivity contribution is 7.15. The summed E-state index contributed by atoms with van der Waals surface area (Å²) in [5.41, 5.74) is 0.413. The van der Waals surface area contributed by atoms with E-state index < -0.39 is 10.5 Å². The Balaban J connectivity index is 1.83. The van der Waals surface area contributed by atoms with E-state index in [0.717, 1.165) is 11.3 Å². The lowest BCUT2D eigenvalue weighted by atomic mass is 10.1. The smallest absolute Gasteiger partial charge is 0.291 e. The van der Waals surface area contributed by atoms with Gasteiger partial charge in [-0.25, -0.2) is 0 Å². The van der Waals surface area contributed by atoms with E-state index in [9.17, 15) is 14.9 Å². The molecule has 2 aromatic heterocycles. The summed E-state index contributed by atoms with van der Waals surface area (Å²) in [6, 6.07) is 9.57. The Kier molecular flexibility index (Phi) is 5.26. The first kappa shape index (κ1) is 20.3. The average molecular weight is 440 g/mol. The molecule has 0 aliphatic carbocycles. The third-order valence-corrected chi connectivity index (χ3v) is 5.48. The standard InChI is InChI=1S/C20H16N4O6S/c1-28-14-8-12(9-15(29-2)17(14)30-3)18-21-20-23(22-18)19(25)16(31-20)10-11-6-4-5-7-13(11)24(26)27/h4-10H,1-3H3/b16-10-. The van der Waals surface area contributed by atoms with E-state index in [0.29, 0.717) is 43.7 Å². The molecule has 31 heavy (non-hydrogen) atoms. The number of thiazole rings is 1. The number of ether oxygens (including phenoxy) is 3. The van der Waals surface area contributed by atoms with Gasteiger partial charge in [0, 0.05) is 11.6 Å². The van der Waals surface area contributed by atoms with Crippen LogP contribution in [0.1, 0.15) is 5.56 Å². The van der Waals surface area contributed by atoms with Crippen LogP contribution in [-0.4, -0.2) is 40.9 Å². The number of hydrogen-bond donors (Lipinski definition) is 0. The van der Waals surface area contributed by atoms with Crippen molar-refractivity contribution in [3.05, 3.63) is 67.0 Å². The third-order valence-electron chi connectivity index (χ3n) is 4.52. The molecule has 4 rings (SSSR count). The molecule has 0 N–H and O–H groups in total. The number of aromatic nitrogens is 3. The number of hydrogen-bond acceptors (Lipinski definition) is 9. The SMILES string of the molecule is COc1cc(-c2nc3s/c(=C\c4ccccc4[N+](=O)[O-])c(=O)n3n2)cc(OC)c1OC. The predicted molar refractivity (Wildman–Crippen MR) is 114 cm³/mol. The van der Waals surface area contributed by atoms with Gasteiger partial charge in [-0.15, -0.1) is 5.10 Å². The largest absolute Gasteiger partial charge is 0.493 e. The van der Waals surface area contributed by atoms with Gasteiger partial charge in [0.25, 0.3) is 11.2 Å². The van der Waals surface area contributed by atoms with Crippen LogP contribution in [0.15, 0.2) is 41.2 Å². The highest BCUT2D eigenvalue weighted by Gasteiger charge is 2.18. The first-order chi connectivity index (χ1) is 15.0. The fourth-order valence-corrected chi connectivity index (χ4v) is 3.98. The van der Waals surface area contributed by atoms with Gasteiger partial charge in [-0.2, -0.15) is 9.50 Å². The Labute approximate surface area is 179 Å². The number of benzene rings is 2. The van der Waals surface area contributed by atoms with Crippen molar-refractivity contribution >= 4 is 28.1 Å². The van der Waals surface area contributed by atoms with Crippen molar-refractivity contribution in [2.45, 2.75) is 0 Å². The zero-order valence-electron chi connectivity index (χ0n) is 16.7. The maximum absolute atomic E-state index is 12.8. The third kappa shape index (κ3) is 3.55. The molecular formula is C20H16N4O6S. The van der Waals surface area contributed by atoms with Crippen molar-refractivity contribution in [1.82, 2.24) is 14.6 Å². The van der Waals surface area contributed by atoms with Crippen LogP contribution in [0.5, 0.6) is 17.2 Å².